The van der Waals surface area contributed by atoms with Gasteiger partial charge in [-0.05, 0) is 25.7 Å². The molecular formula is C16H28N2O3. The summed E-state index contributed by atoms with van der Waals surface area (Å²) < 4.78 is 0. The van der Waals surface area contributed by atoms with E-state index in [0.717, 1.165) is 51.4 Å². The Morgan fingerprint density at radius 2 is 1.52 bits per heavy atom. The molecule has 2 N–H and O–H groups in total. The van der Waals surface area contributed by atoms with E-state index in [-0.39, 0.29) is 12.1 Å². The van der Waals surface area contributed by atoms with E-state index in [4.69, 9.17) is 0 Å². The van der Waals surface area contributed by atoms with Crippen LogP contribution in [0.2, 0.25) is 0 Å². The van der Waals surface area contributed by atoms with Crippen LogP contribution in [0.5, 0.6) is 0 Å². The number of nitrogens with one attached hydrogen (secondary N) is 1. The number of hydrogen-bond donors (Lipinski definition) is 2. The van der Waals surface area contributed by atoms with Gasteiger partial charge in [-0.15, -0.1) is 0 Å². The summed E-state index contributed by atoms with van der Waals surface area (Å²) in [6, 6.07) is 0.0431. The van der Waals surface area contributed by atoms with Crippen LogP contribution >= 0.6 is 0 Å². The number of nitrogens with zero attached hydrogens (tertiary/aromatic N) is 1. The lowest BCUT2D eigenvalue weighted by atomic mass is 9.90. The Hall–Kier alpha value is -1.26. The molecule has 0 atom stereocenters. The lowest BCUT2D eigenvalue weighted by Crippen LogP contribution is -2.58. The summed E-state index contributed by atoms with van der Waals surface area (Å²) in [6.07, 6.45) is 10.6. The third kappa shape index (κ3) is 3.89. The molecule has 0 aliphatic heterocycles. The van der Waals surface area contributed by atoms with E-state index in [1.165, 1.54) is 6.42 Å². The molecule has 21 heavy (non-hydrogen) atoms. The Kier molecular flexibility index (Phi) is 5.48. The van der Waals surface area contributed by atoms with Crippen molar-refractivity contribution < 1.29 is 14.7 Å². The van der Waals surface area contributed by atoms with Gasteiger partial charge < -0.3 is 15.3 Å². The van der Waals surface area contributed by atoms with Gasteiger partial charge in [0, 0.05) is 13.1 Å². The van der Waals surface area contributed by atoms with Crippen LogP contribution in [0.25, 0.3) is 0 Å². The highest BCUT2D eigenvalue weighted by molar-refractivity contribution is 5.86. The third-order valence-corrected chi connectivity index (χ3v) is 5.16. The Labute approximate surface area is 127 Å². The van der Waals surface area contributed by atoms with Gasteiger partial charge in [-0.25, -0.2) is 9.59 Å². The highest BCUT2D eigenvalue weighted by atomic mass is 16.4. The van der Waals surface area contributed by atoms with E-state index in [1.54, 1.807) is 11.9 Å². The molecule has 0 aromatic rings. The van der Waals surface area contributed by atoms with Crippen LogP contribution < -0.4 is 5.32 Å². The van der Waals surface area contributed by atoms with Crippen molar-refractivity contribution >= 4 is 12.0 Å². The summed E-state index contributed by atoms with van der Waals surface area (Å²) in [5, 5.41) is 12.5. The zero-order chi connectivity index (χ0) is 15.3. The van der Waals surface area contributed by atoms with Crippen LogP contribution in [0.3, 0.4) is 0 Å². The molecule has 0 saturated heterocycles. The molecule has 0 bridgehead atoms. The number of rotatable bonds is 3. The average molecular weight is 296 g/mol. The van der Waals surface area contributed by atoms with Crippen LogP contribution in [-0.4, -0.2) is 40.6 Å². The predicted octanol–water partition coefficient (Wildman–Crippen LogP) is 3.14. The van der Waals surface area contributed by atoms with Crippen molar-refractivity contribution in [3.8, 4) is 0 Å². The number of carbonyl (C=O) groups is 2. The molecule has 2 aliphatic carbocycles. The Balaban J connectivity index is 2.01. The maximum Gasteiger partial charge on any atom is 0.329 e. The normalized spacial score (nSPS) is 23.1. The van der Waals surface area contributed by atoms with Gasteiger partial charge in [0.25, 0.3) is 0 Å². The molecule has 2 aliphatic rings. The lowest BCUT2D eigenvalue weighted by Gasteiger charge is -2.36. The lowest BCUT2D eigenvalue weighted by molar-refractivity contribution is -0.145. The molecular weight excluding hydrogens is 268 g/mol. The molecule has 0 radical (unpaired) electrons. The minimum atomic E-state index is -1.06. The number of carboxylic acids is 1. The second kappa shape index (κ2) is 7.14. The number of amides is 2. The van der Waals surface area contributed by atoms with Crippen LogP contribution in [0.4, 0.5) is 4.79 Å². The van der Waals surface area contributed by atoms with E-state index in [9.17, 15) is 14.7 Å². The van der Waals surface area contributed by atoms with Gasteiger partial charge in [0.15, 0.2) is 0 Å². The van der Waals surface area contributed by atoms with Crippen LogP contribution in [-0.2, 0) is 4.79 Å². The van der Waals surface area contributed by atoms with Crippen molar-refractivity contribution in [2.45, 2.75) is 82.2 Å². The quantitative estimate of drug-likeness (QED) is 0.786. The van der Waals surface area contributed by atoms with Crippen LogP contribution in [0, 0.1) is 0 Å². The topological polar surface area (TPSA) is 69.6 Å². The highest BCUT2D eigenvalue weighted by Crippen LogP contribution is 2.28. The Morgan fingerprint density at radius 1 is 1.00 bits per heavy atom. The Bertz CT molecular complexity index is 370. The molecule has 0 unspecified atom stereocenters. The zero-order valence-electron chi connectivity index (χ0n) is 13.1. The number of urea groups is 1. The number of carbonyl (C=O) groups excluding carboxylic acids is 1. The highest BCUT2D eigenvalue weighted by Gasteiger charge is 2.41. The third-order valence-electron chi connectivity index (χ3n) is 5.16. The predicted molar refractivity (Wildman–Crippen MR) is 81.2 cm³/mol. The summed E-state index contributed by atoms with van der Waals surface area (Å²) in [4.78, 5) is 25.9. The van der Waals surface area contributed by atoms with Crippen molar-refractivity contribution in [2.75, 3.05) is 7.05 Å². The molecule has 0 heterocycles. The molecule has 5 heteroatoms. The van der Waals surface area contributed by atoms with Crippen molar-refractivity contribution in [1.29, 1.82) is 0 Å². The zero-order valence-corrected chi connectivity index (χ0v) is 13.1. The summed E-state index contributed by atoms with van der Waals surface area (Å²) >= 11 is 0. The maximum atomic E-state index is 12.5. The van der Waals surface area contributed by atoms with Gasteiger partial charge in [-0.3, -0.25) is 0 Å². The average Bonchev–Trinajstić information content (AvgIpc) is 2.74. The van der Waals surface area contributed by atoms with Gasteiger partial charge >= 0.3 is 12.0 Å². The van der Waals surface area contributed by atoms with Gasteiger partial charge in [0.1, 0.15) is 5.54 Å². The monoisotopic (exact) mass is 296 g/mol. The van der Waals surface area contributed by atoms with Gasteiger partial charge in [0.2, 0.25) is 0 Å². The minimum Gasteiger partial charge on any atom is -0.480 e. The first-order valence-electron chi connectivity index (χ1n) is 8.33. The first-order valence-corrected chi connectivity index (χ1v) is 8.33. The molecule has 2 amide bonds. The second-order valence-corrected chi connectivity index (χ2v) is 6.63. The molecule has 0 spiro atoms. The van der Waals surface area contributed by atoms with Crippen LogP contribution in [0.1, 0.15) is 70.6 Å². The second-order valence-electron chi connectivity index (χ2n) is 6.63. The van der Waals surface area contributed by atoms with Gasteiger partial charge in [-0.2, -0.15) is 0 Å². The molecule has 0 aromatic heterocycles. The SMILES string of the molecule is CN(C(=O)NC1(C(=O)O)CCCCCC1)C1CCCCC1. The first-order chi connectivity index (χ1) is 10.1. The summed E-state index contributed by atoms with van der Waals surface area (Å²) in [7, 11) is 1.80. The van der Waals surface area contributed by atoms with Crippen LogP contribution in [0.15, 0.2) is 0 Å². The van der Waals surface area contributed by atoms with Gasteiger partial charge in [0.05, 0.1) is 0 Å². The van der Waals surface area contributed by atoms with E-state index in [0.29, 0.717) is 12.8 Å². The smallest absolute Gasteiger partial charge is 0.329 e. The Morgan fingerprint density at radius 3 is 2.05 bits per heavy atom. The van der Waals surface area contributed by atoms with Gasteiger partial charge in [-0.1, -0.05) is 44.9 Å². The fourth-order valence-electron chi connectivity index (χ4n) is 3.65. The van der Waals surface area contributed by atoms with Crippen molar-refractivity contribution in [2.24, 2.45) is 0 Å². The number of hydrogen-bond acceptors (Lipinski definition) is 2. The summed E-state index contributed by atoms with van der Waals surface area (Å²) in [6.45, 7) is 0. The van der Waals surface area contributed by atoms with E-state index in [2.05, 4.69) is 5.32 Å². The van der Waals surface area contributed by atoms with E-state index in [1.807, 2.05) is 0 Å². The first kappa shape index (κ1) is 16.1. The maximum absolute atomic E-state index is 12.5. The van der Waals surface area contributed by atoms with E-state index >= 15 is 0 Å². The van der Waals surface area contributed by atoms with Crippen molar-refractivity contribution in [3.05, 3.63) is 0 Å². The van der Waals surface area contributed by atoms with Crippen molar-refractivity contribution in [1.82, 2.24) is 10.2 Å². The van der Waals surface area contributed by atoms with E-state index < -0.39 is 11.5 Å². The summed E-state index contributed by atoms with van der Waals surface area (Å²) in [5.41, 5.74) is -1.06. The molecule has 2 rings (SSSR count). The number of aliphatic carboxylic acids is 1. The standard InChI is InChI=1S/C16H28N2O3/c1-18(13-9-5-4-6-10-13)15(21)17-16(14(19)20)11-7-2-3-8-12-16/h13H,2-12H2,1H3,(H,17,21)(H,19,20). The summed E-state index contributed by atoms with van der Waals surface area (Å²) in [5.74, 6) is -0.880. The fourth-order valence-corrected chi connectivity index (χ4v) is 3.65. The minimum absolute atomic E-state index is 0.216. The molecule has 2 fully saturated rings. The molecule has 5 nitrogen and oxygen atoms in total. The molecule has 0 aromatic carbocycles. The molecule has 120 valence electrons. The van der Waals surface area contributed by atoms with Crippen molar-refractivity contribution in [3.63, 3.8) is 0 Å². The largest absolute Gasteiger partial charge is 0.480 e. The fraction of sp³-hybridized carbons (Fsp3) is 0.875. The number of carboxylic acid groups (broad SMARTS) is 1. The molecule has 2 saturated carbocycles.